The maximum atomic E-state index is 11.2. The van der Waals surface area contributed by atoms with Crippen LogP contribution in [0.4, 0.5) is 0 Å². The largest absolute Gasteiger partial charge is 0.478 e. The quantitative estimate of drug-likeness (QED) is 0.763. The van der Waals surface area contributed by atoms with Crippen molar-refractivity contribution in [2.45, 2.75) is 6.92 Å². The van der Waals surface area contributed by atoms with Gasteiger partial charge in [-0.1, -0.05) is 24.3 Å². The number of ether oxygens (including phenoxy) is 1. The molecule has 0 aliphatic rings. The van der Waals surface area contributed by atoms with Crippen molar-refractivity contribution in [2.75, 3.05) is 0 Å². The molecule has 5 heteroatoms. The van der Waals surface area contributed by atoms with Crippen molar-refractivity contribution in [1.29, 1.82) is 0 Å². The fraction of sp³-hybridized carbons (Fsp3) is 0.0667. The highest BCUT2D eigenvalue weighted by molar-refractivity contribution is 6.05. The van der Waals surface area contributed by atoms with Crippen LogP contribution in [0.5, 0.6) is 11.6 Å². The number of hydrogen-bond donors (Lipinski definition) is 2. The molecule has 2 N–H and O–H groups in total. The molecule has 0 aliphatic carbocycles. The van der Waals surface area contributed by atoms with Crippen LogP contribution in [-0.2, 0) is 0 Å². The minimum Gasteiger partial charge on any atom is -0.478 e. The molecule has 100 valence electrons. The summed E-state index contributed by atoms with van der Waals surface area (Å²) < 4.78 is 5.71. The zero-order valence-corrected chi connectivity index (χ0v) is 10.8. The van der Waals surface area contributed by atoms with Crippen LogP contribution in [0.25, 0.3) is 10.8 Å². The molecule has 0 amide bonds. The third-order valence-electron chi connectivity index (χ3n) is 3.01. The van der Waals surface area contributed by atoms with E-state index in [-0.39, 0.29) is 5.56 Å². The van der Waals surface area contributed by atoms with Gasteiger partial charge in [-0.3, -0.25) is 5.10 Å². The zero-order chi connectivity index (χ0) is 14.1. The molecule has 0 spiro atoms. The number of aromatic nitrogens is 2. The minimum atomic E-state index is -0.955. The molecular formula is C15H12N2O3. The average molecular weight is 268 g/mol. The number of carboxylic acids is 1. The summed E-state index contributed by atoms with van der Waals surface area (Å²) in [7, 11) is 0. The van der Waals surface area contributed by atoms with E-state index in [0.717, 1.165) is 11.1 Å². The molecule has 0 saturated carbocycles. The molecule has 3 aromatic rings. The summed E-state index contributed by atoms with van der Waals surface area (Å²) in [6, 6.07) is 12.2. The smallest absolute Gasteiger partial charge is 0.336 e. The number of H-pyrrole nitrogens is 1. The molecule has 0 atom stereocenters. The molecule has 0 radical (unpaired) electrons. The first kappa shape index (κ1) is 12.2. The lowest BCUT2D eigenvalue weighted by molar-refractivity contribution is 0.0699. The Hall–Kier alpha value is -2.82. The molecule has 1 heterocycles. The van der Waals surface area contributed by atoms with Crippen molar-refractivity contribution in [3.63, 3.8) is 0 Å². The standard InChI is InChI=1S/C15H12N2O3/c1-9-8-14(17-16-9)20-13-7-6-12(15(18)19)10-4-2-3-5-11(10)13/h2-8H,1H3,(H,16,17)(H,18,19). The summed E-state index contributed by atoms with van der Waals surface area (Å²) in [5.74, 6) is 0.0798. The molecule has 0 fully saturated rings. The predicted octanol–water partition coefficient (Wildman–Crippen LogP) is 3.36. The molecule has 3 rings (SSSR count). The van der Waals surface area contributed by atoms with Gasteiger partial charge in [-0.05, 0) is 24.4 Å². The van der Waals surface area contributed by atoms with E-state index in [2.05, 4.69) is 10.2 Å². The van der Waals surface area contributed by atoms with E-state index in [4.69, 9.17) is 4.74 Å². The molecule has 2 aromatic carbocycles. The fourth-order valence-corrected chi connectivity index (χ4v) is 2.10. The van der Waals surface area contributed by atoms with Gasteiger partial charge in [0.15, 0.2) is 0 Å². The van der Waals surface area contributed by atoms with Gasteiger partial charge in [-0.15, -0.1) is 5.10 Å². The van der Waals surface area contributed by atoms with Crippen LogP contribution in [0.15, 0.2) is 42.5 Å². The first-order valence-corrected chi connectivity index (χ1v) is 6.10. The van der Waals surface area contributed by atoms with Crippen molar-refractivity contribution >= 4 is 16.7 Å². The second-order valence-electron chi connectivity index (χ2n) is 4.45. The van der Waals surface area contributed by atoms with E-state index in [1.165, 1.54) is 0 Å². The van der Waals surface area contributed by atoms with Crippen molar-refractivity contribution in [2.24, 2.45) is 0 Å². The van der Waals surface area contributed by atoms with E-state index >= 15 is 0 Å². The Balaban J connectivity index is 2.12. The van der Waals surface area contributed by atoms with Crippen molar-refractivity contribution in [3.05, 3.63) is 53.7 Å². The third-order valence-corrected chi connectivity index (χ3v) is 3.01. The summed E-state index contributed by atoms with van der Waals surface area (Å²) in [6.45, 7) is 1.88. The summed E-state index contributed by atoms with van der Waals surface area (Å²) >= 11 is 0. The Morgan fingerprint density at radius 1 is 1.20 bits per heavy atom. The van der Waals surface area contributed by atoms with Crippen LogP contribution < -0.4 is 4.74 Å². The van der Waals surface area contributed by atoms with E-state index in [9.17, 15) is 9.90 Å². The number of carboxylic acid groups (broad SMARTS) is 1. The van der Waals surface area contributed by atoms with E-state index in [0.29, 0.717) is 17.0 Å². The van der Waals surface area contributed by atoms with Crippen molar-refractivity contribution in [3.8, 4) is 11.6 Å². The van der Waals surface area contributed by atoms with Gasteiger partial charge in [0.1, 0.15) is 5.75 Å². The SMILES string of the molecule is Cc1cc(Oc2ccc(C(=O)O)c3ccccc23)n[nH]1. The number of rotatable bonds is 3. The Kier molecular flexibility index (Phi) is 2.87. The first-order chi connectivity index (χ1) is 9.65. The first-order valence-electron chi connectivity index (χ1n) is 6.10. The van der Waals surface area contributed by atoms with Gasteiger partial charge < -0.3 is 9.84 Å². The Labute approximate surface area is 114 Å². The Bertz CT molecular complexity index is 793. The second kappa shape index (κ2) is 4.70. The normalized spacial score (nSPS) is 10.7. The average Bonchev–Trinajstić information content (AvgIpc) is 2.84. The molecule has 1 aromatic heterocycles. The lowest BCUT2D eigenvalue weighted by Crippen LogP contribution is -1.98. The van der Waals surface area contributed by atoms with E-state index in [1.54, 1.807) is 30.3 Å². The summed E-state index contributed by atoms with van der Waals surface area (Å²) in [5, 5.41) is 17.4. The molecule has 20 heavy (non-hydrogen) atoms. The van der Waals surface area contributed by atoms with Crippen LogP contribution in [0.3, 0.4) is 0 Å². The zero-order valence-electron chi connectivity index (χ0n) is 10.8. The van der Waals surface area contributed by atoms with Crippen LogP contribution >= 0.6 is 0 Å². The van der Waals surface area contributed by atoms with Gasteiger partial charge in [0, 0.05) is 17.1 Å². The van der Waals surface area contributed by atoms with Crippen LogP contribution in [-0.4, -0.2) is 21.3 Å². The minimum absolute atomic E-state index is 0.256. The number of aryl methyl sites for hydroxylation is 1. The Morgan fingerprint density at radius 2 is 1.95 bits per heavy atom. The van der Waals surface area contributed by atoms with Gasteiger partial charge in [0.05, 0.1) is 5.56 Å². The summed E-state index contributed by atoms with van der Waals surface area (Å²) in [6.07, 6.45) is 0. The number of carbonyl (C=O) groups is 1. The van der Waals surface area contributed by atoms with Crippen LogP contribution in [0.2, 0.25) is 0 Å². The van der Waals surface area contributed by atoms with E-state index < -0.39 is 5.97 Å². The van der Waals surface area contributed by atoms with Gasteiger partial charge in [-0.25, -0.2) is 4.79 Å². The van der Waals surface area contributed by atoms with Gasteiger partial charge in [0.2, 0.25) is 5.88 Å². The molecule has 0 bridgehead atoms. The summed E-state index contributed by atoms with van der Waals surface area (Å²) in [4.78, 5) is 11.2. The van der Waals surface area contributed by atoms with Crippen LogP contribution in [0.1, 0.15) is 16.1 Å². The third kappa shape index (κ3) is 2.09. The highest BCUT2D eigenvalue weighted by atomic mass is 16.5. The maximum absolute atomic E-state index is 11.2. The molecular weight excluding hydrogens is 256 g/mol. The molecule has 5 nitrogen and oxygen atoms in total. The molecule has 0 aliphatic heterocycles. The molecule has 0 unspecified atom stereocenters. The van der Waals surface area contributed by atoms with Gasteiger partial charge >= 0.3 is 5.97 Å². The lowest BCUT2D eigenvalue weighted by atomic mass is 10.0. The second-order valence-corrected chi connectivity index (χ2v) is 4.45. The number of nitrogens with one attached hydrogen (secondary N) is 1. The Morgan fingerprint density at radius 3 is 2.60 bits per heavy atom. The monoisotopic (exact) mass is 268 g/mol. The van der Waals surface area contributed by atoms with Gasteiger partial charge in [0.25, 0.3) is 0 Å². The number of nitrogens with zero attached hydrogens (tertiary/aromatic N) is 1. The maximum Gasteiger partial charge on any atom is 0.336 e. The van der Waals surface area contributed by atoms with Gasteiger partial charge in [-0.2, -0.15) is 0 Å². The molecule has 0 saturated heterocycles. The van der Waals surface area contributed by atoms with Crippen LogP contribution in [0, 0.1) is 6.92 Å². The number of benzene rings is 2. The number of fused-ring (bicyclic) bond motifs is 1. The topological polar surface area (TPSA) is 75.2 Å². The number of aromatic carboxylic acids is 1. The predicted molar refractivity (Wildman–Crippen MR) is 74.3 cm³/mol. The number of aromatic amines is 1. The lowest BCUT2D eigenvalue weighted by Gasteiger charge is -2.08. The fourth-order valence-electron chi connectivity index (χ4n) is 2.10. The van der Waals surface area contributed by atoms with Crippen molar-refractivity contribution < 1.29 is 14.6 Å². The van der Waals surface area contributed by atoms with Crippen molar-refractivity contribution in [1.82, 2.24) is 10.2 Å². The van der Waals surface area contributed by atoms with E-state index in [1.807, 2.05) is 19.1 Å². The summed E-state index contributed by atoms with van der Waals surface area (Å²) in [5.41, 5.74) is 1.15. The number of hydrogen-bond acceptors (Lipinski definition) is 3. The highest BCUT2D eigenvalue weighted by Crippen LogP contribution is 2.31. The highest BCUT2D eigenvalue weighted by Gasteiger charge is 2.12.